The van der Waals surface area contributed by atoms with Crippen molar-refractivity contribution in [3.63, 3.8) is 0 Å². The number of amides is 2. The van der Waals surface area contributed by atoms with Crippen LogP contribution in [0.5, 0.6) is 5.75 Å². The van der Waals surface area contributed by atoms with E-state index in [2.05, 4.69) is 10.3 Å². The number of carbonyl (C=O) groups is 1. The fourth-order valence-corrected chi connectivity index (χ4v) is 3.06. The lowest BCUT2D eigenvalue weighted by molar-refractivity contribution is 0.192. The van der Waals surface area contributed by atoms with E-state index in [0.29, 0.717) is 6.54 Å². The highest BCUT2D eigenvalue weighted by Crippen LogP contribution is 2.31. The number of aromatic nitrogens is 1. The lowest BCUT2D eigenvalue weighted by atomic mass is 10.1. The summed E-state index contributed by atoms with van der Waals surface area (Å²) in [6.45, 7) is 1.24. The first-order valence-electron chi connectivity index (χ1n) is 7.86. The maximum atomic E-state index is 12.6. The lowest BCUT2D eigenvalue weighted by Crippen LogP contribution is -2.39. The van der Waals surface area contributed by atoms with Crippen molar-refractivity contribution in [3.05, 3.63) is 59.9 Å². The SMILES string of the molecule is COc1ccccc1CNC(=O)N1CCCC1c1ccncc1. The maximum absolute atomic E-state index is 12.6. The van der Waals surface area contributed by atoms with Crippen LogP contribution in [0.25, 0.3) is 0 Å². The number of para-hydroxylation sites is 1. The van der Waals surface area contributed by atoms with E-state index < -0.39 is 0 Å². The number of hydrogen-bond acceptors (Lipinski definition) is 3. The third-order valence-corrected chi connectivity index (χ3v) is 4.23. The molecule has 1 aromatic heterocycles. The van der Waals surface area contributed by atoms with E-state index in [1.807, 2.05) is 41.3 Å². The van der Waals surface area contributed by atoms with E-state index in [4.69, 9.17) is 4.74 Å². The fourth-order valence-electron chi connectivity index (χ4n) is 3.06. The average Bonchev–Trinajstić information content (AvgIpc) is 3.10. The van der Waals surface area contributed by atoms with Crippen molar-refractivity contribution in [2.45, 2.75) is 25.4 Å². The van der Waals surface area contributed by atoms with Gasteiger partial charge in [-0.05, 0) is 36.6 Å². The minimum atomic E-state index is -0.0322. The smallest absolute Gasteiger partial charge is 0.318 e. The largest absolute Gasteiger partial charge is 0.496 e. The van der Waals surface area contributed by atoms with Gasteiger partial charge in [-0.3, -0.25) is 4.98 Å². The number of nitrogens with one attached hydrogen (secondary N) is 1. The topological polar surface area (TPSA) is 54.5 Å². The van der Waals surface area contributed by atoms with Gasteiger partial charge in [0.25, 0.3) is 0 Å². The van der Waals surface area contributed by atoms with Gasteiger partial charge in [0.15, 0.2) is 0 Å². The molecule has 2 amide bonds. The van der Waals surface area contributed by atoms with Gasteiger partial charge in [-0.2, -0.15) is 0 Å². The number of hydrogen-bond donors (Lipinski definition) is 1. The Kier molecular flexibility index (Phi) is 4.76. The summed E-state index contributed by atoms with van der Waals surface area (Å²) in [6, 6.07) is 11.8. The lowest BCUT2D eigenvalue weighted by Gasteiger charge is -2.25. The van der Waals surface area contributed by atoms with Crippen LogP contribution in [-0.2, 0) is 6.54 Å². The summed E-state index contributed by atoms with van der Waals surface area (Å²) >= 11 is 0. The van der Waals surface area contributed by atoms with Crippen LogP contribution < -0.4 is 10.1 Å². The molecule has 1 N–H and O–H groups in total. The molecule has 1 aliphatic heterocycles. The van der Waals surface area contributed by atoms with Crippen molar-refractivity contribution in [2.75, 3.05) is 13.7 Å². The van der Waals surface area contributed by atoms with Crippen molar-refractivity contribution in [1.29, 1.82) is 0 Å². The van der Waals surface area contributed by atoms with E-state index in [0.717, 1.165) is 36.3 Å². The third-order valence-electron chi connectivity index (χ3n) is 4.23. The van der Waals surface area contributed by atoms with Gasteiger partial charge in [0, 0.05) is 31.0 Å². The average molecular weight is 311 g/mol. The molecule has 2 aromatic rings. The van der Waals surface area contributed by atoms with Crippen molar-refractivity contribution in [2.24, 2.45) is 0 Å². The van der Waals surface area contributed by atoms with Crippen molar-refractivity contribution < 1.29 is 9.53 Å². The van der Waals surface area contributed by atoms with Crippen LogP contribution in [0, 0.1) is 0 Å². The maximum Gasteiger partial charge on any atom is 0.318 e. The van der Waals surface area contributed by atoms with Gasteiger partial charge < -0.3 is 15.0 Å². The normalized spacial score (nSPS) is 17.1. The van der Waals surface area contributed by atoms with E-state index in [1.54, 1.807) is 19.5 Å². The van der Waals surface area contributed by atoms with E-state index >= 15 is 0 Å². The molecule has 1 unspecified atom stereocenters. The van der Waals surface area contributed by atoms with Crippen LogP contribution in [-0.4, -0.2) is 29.6 Å². The number of rotatable bonds is 4. The molecule has 1 atom stereocenters. The zero-order valence-corrected chi connectivity index (χ0v) is 13.2. The number of nitrogens with zero attached hydrogens (tertiary/aromatic N) is 2. The van der Waals surface area contributed by atoms with Gasteiger partial charge in [-0.15, -0.1) is 0 Å². The summed E-state index contributed by atoms with van der Waals surface area (Å²) in [5, 5.41) is 3.01. The molecule has 0 radical (unpaired) electrons. The van der Waals surface area contributed by atoms with Crippen LogP contribution in [0.3, 0.4) is 0 Å². The van der Waals surface area contributed by atoms with Crippen molar-refractivity contribution in [1.82, 2.24) is 15.2 Å². The molecule has 0 saturated carbocycles. The molecule has 1 saturated heterocycles. The molecule has 0 aliphatic carbocycles. The first kappa shape index (κ1) is 15.3. The number of carbonyl (C=O) groups excluding carboxylic acids is 1. The second kappa shape index (κ2) is 7.13. The molecule has 5 heteroatoms. The Labute approximate surface area is 136 Å². The molecule has 1 aliphatic rings. The highest BCUT2D eigenvalue weighted by molar-refractivity contribution is 5.75. The number of benzene rings is 1. The number of urea groups is 1. The van der Waals surface area contributed by atoms with Gasteiger partial charge in [0.1, 0.15) is 5.75 Å². The second-order valence-electron chi connectivity index (χ2n) is 5.60. The number of pyridine rings is 1. The second-order valence-corrected chi connectivity index (χ2v) is 5.60. The number of likely N-dealkylation sites (tertiary alicyclic amines) is 1. The van der Waals surface area contributed by atoms with Crippen LogP contribution >= 0.6 is 0 Å². The van der Waals surface area contributed by atoms with Gasteiger partial charge in [0.05, 0.1) is 13.2 Å². The zero-order valence-electron chi connectivity index (χ0n) is 13.2. The fraction of sp³-hybridized carbons (Fsp3) is 0.333. The van der Waals surface area contributed by atoms with Gasteiger partial charge in [0.2, 0.25) is 0 Å². The molecular formula is C18H21N3O2. The standard InChI is InChI=1S/C18H21N3O2/c1-23-17-7-3-2-5-15(17)13-20-18(22)21-12-4-6-16(21)14-8-10-19-11-9-14/h2-3,5,7-11,16H,4,6,12-13H2,1H3,(H,20,22). The molecule has 0 bridgehead atoms. The van der Waals surface area contributed by atoms with Crippen LogP contribution in [0.15, 0.2) is 48.8 Å². The van der Waals surface area contributed by atoms with Gasteiger partial charge >= 0.3 is 6.03 Å². The van der Waals surface area contributed by atoms with Crippen LogP contribution in [0.2, 0.25) is 0 Å². The zero-order chi connectivity index (χ0) is 16.1. The van der Waals surface area contributed by atoms with Crippen LogP contribution in [0.4, 0.5) is 4.79 Å². The molecule has 2 heterocycles. The molecule has 120 valence electrons. The summed E-state index contributed by atoms with van der Waals surface area (Å²) in [4.78, 5) is 18.5. The number of methoxy groups -OCH3 is 1. The third kappa shape index (κ3) is 3.44. The molecule has 5 nitrogen and oxygen atoms in total. The van der Waals surface area contributed by atoms with E-state index in [-0.39, 0.29) is 12.1 Å². The summed E-state index contributed by atoms with van der Waals surface area (Å²) in [5.74, 6) is 0.792. The minimum absolute atomic E-state index is 0.0322. The highest BCUT2D eigenvalue weighted by Gasteiger charge is 2.29. The Morgan fingerprint density at radius 3 is 2.87 bits per heavy atom. The monoisotopic (exact) mass is 311 g/mol. The van der Waals surface area contributed by atoms with Crippen molar-refractivity contribution in [3.8, 4) is 5.75 Å². The predicted octanol–water partition coefficient (Wildman–Crippen LogP) is 3.14. The highest BCUT2D eigenvalue weighted by atomic mass is 16.5. The summed E-state index contributed by atoms with van der Waals surface area (Å²) in [6.07, 6.45) is 5.57. The molecule has 1 aromatic carbocycles. The Bertz CT molecular complexity index is 660. The van der Waals surface area contributed by atoms with Crippen molar-refractivity contribution >= 4 is 6.03 Å². The minimum Gasteiger partial charge on any atom is -0.496 e. The van der Waals surface area contributed by atoms with E-state index in [9.17, 15) is 4.79 Å². The Balaban J connectivity index is 1.66. The van der Waals surface area contributed by atoms with E-state index in [1.165, 1.54) is 0 Å². The Morgan fingerprint density at radius 2 is 2.09 bits per heavy atom. The first-order valence-corrected chi connectivity index (χ1v) is 7.86. The number of ether oxygens (including phenoxy) is 1. The first-order chi connectivity index (χ1) is 11.3. The van der Waals surface area contributed by atoms with Crippen LogP contribution in [0.1, 0.15) is 30.0 Å². The summed E-state index contributed by atoms with van der Waals surface area (Å²) in [7, 11) is 1.64. The Morgan fingerprint density at radius 1 is 1.30 bits per heavy atom. The molecule has 1 fully saturated rings. The summed E-state index contributed by atoms with van der Waals surface area (Å²) < 4.78 is 5.32. The van der Waals surface area contributed by atoms with Gasteiger partial charge in [-0.25, -0.2) is 4.79 Å². The quantitative estimate of drug-likeness (QED) is 0.944. The molecule has 0 spiro atoms. The van der Waals surface area contributed by atoms with Gasteiger partial charge in [-0.1, -0.05) is 18.2 Å². The summed E-state index contributed by atoms with van der Waals surface area (Å²) in [5.41, 5.74) is 2.12. The molecule has 23 heavy (non-hydrogen) atoms. The Hall–Kier alpha value is -2.56. The predicted molar refractivity (Wildman–Crippen MR) is 88.1 cm³/mol. The molecule has 3 rings (SSSR count). The molecular weight excluding hydrogens is 290 g/mol.